The maximum atomic E-state index is 12.6. The van der Waals surface area contributed by atoms with Crippen LogP contribution in [-0.2, 0) is 0 Å². The molecule has 1 atom stereocenters. The van der Waals surface area contributed by atoms with Gasteiger partial charge in [-0.3, -0.25) is 4.79 Å². The normalized spacial score (nSPS) is 11.7. The molecule has 1 aromatic heterocycles. The topological polar surface area (TPSA) is 86.5 Å². The molecule has 1 unspecified atom stereocenters. The SMILES string of the molecule is COc1cc(OC)cc(C(=O)NC(C)c2nc(-c3cccc(Cl)c3)no2)c1. The van der Waals surface area contributed by atoms with Crippen LogP contribution in [0.15, 0.2) is 47.0 Å². The number of carbonyl (C=O) groups is 1. The Kier molecular flexibility index (Phi) is 5.61. The smallest absolute Gasteiger partial charge is 0.252 e. The van der Waals surface area contributed by atoms with E-state index in [0.717, 1.165) is 5.56 Å². The van der Waals surface area contributed by atoms with Gasteiger partial charge < -0.3 is 19.3 Å². The van der Waals surface area contributed by atoms with E-state index in [1.807, 2.05) is 6.07 Å². The lowest BCUT2D eigenvalue weighted by atomic mass is 10.1. The van der Waals surface area contributed by atoms with Gasteiger partial charge in [-0.25, -0.2) is 0 Å². The van der Waals surface area contributed by atoms with Crippen molar-refractivity contribution in [1.82, 2.24) is 15.5 Å². The summed E-state index contributed by atoms with van der Waals surface area (Å²) in [6.07, 6.45) is 0. The molecule has 0 radical (unpaired) electrons. The van der Waals surface area contributed by atoms with E-state index in [1.165, 1.54) is 14.2 Å². The highest BCUT2D eigenvalue weighted by Gasteiger charge is 2.19. The predicted octanol–water partition coefficient (Wildman–Crippen LogP) is 3.90. The van der Waals surface area contributed by atoms with Crippen molar-refractivity contribution in [3.63, 3.8) is 0 Å². The first kappa shape index (κ1) is 18.7. The summed E-state index contributed by atoms with van der Waals surface area (Å²) in [5.41, 5.74) is 1.13. The van der Waals surface area contributed by atoms with Crippen LogP contribution in [0, 0.1) is 0 Å². The van der Waals surface area contributed by atoms with Gasteiger partial charge in [0, 0.05) is 22.2 Å². The van der Waals surface area contributed by atoms with Crippen molar-refractivity contribution < 1.29 is 18.8 Å². The molecule has 3 aromatic rings. The third-order valence-electron chi connectivity index (χ3n) is 3.86. The Labute approximate surface area is 161 Å². The van der Waals surface area contributed by atoms with Gasteiger partial charge in [0.15, 0.2) is 0 Å². The molecule has 1 heterocycles. The van der Waals surface area contributed by atoms with Gasteiger partial charge in [-0.15, -0.1) is 0 Å². The Balaban J connectivity index is 1.76. The standard InChI is InChI=1S/C19H18ClN3O4/c1-11(19-22-17(23-27-19)12-5-4-6-14(20)7-12)21-18(24)13-8-15(25-2)10-16(9-13)26-3/h4-11H,1-3H3,(H,21,24). The van der Waals surface area contributed by atoms with E-state index in [0.29, 0.717) is 27.9 Å². The van der Waals surface area contributed by atoms with Crippen molar-refractivity contribution >= 4 is 17.5 Å². The van der Waals surface area contributed by atoms with Gasteiger partial charge in [0.25, 0.3) is 5.91 Å². The van der Waals surface area contributed by atoms with Gasteiger partial charge in [0.05, 0.1) is 14.2 Å². The number of rotatable bonds is 6. The molecular weight excluding hydrogens is 370 g/mol. The summed E-state index contributed by atoms with van der Waals surface area (Å²) in [7, 11) is 3.05. The fraction of sp³-hybridized carbons (Fsp3) is 0.211. The zero-order valence-electron chi connectivity index (χ0n) is 15.0. The number of benzene rings is 2. The van der Waals surface area contributed by atoms with E-state index in [1.54, 1.807) is 43.3 Å². The zero-order chi connectivity index (χ0) is 19.4. The van der Waals surface area contributed by atoms with Crippen LogP contribution in [0.5, 0.6) is 11.5 Å². The second-order valence-corrected chi connectivity index (χ2v) is 6.20. The highest BCUT2D eigenvalue weighted by Crippen LogP contribution is 2.24. The van der Waals surface area contributed by atoms with E-state index in [2.05, 4.69) is 15.5 Å². The number of amides is 1. The Bertz CT molecular complexity index is 935. The molecule has 3 rings (SSSR count). The largest absolute Gasteiger partial charge is 0.497 e. The first-order chi connectivity index (χ1) is 13.0. The molecule has 27 heavy (non-hydrogen) atoms. The van der Waals surface area contributed by atoms with Crippen molar-refractivity contribution in [2.75, 3.05) is 14.2 Å². The average Bonchev–Trinajstić information content (AvgIpc) is 3.18. The molecule has 0 aliphatic carbocycles. The Morgan fingerprint density at radius 1 is 1.15 bits per heavy atom. The highest BCUT2D eigenvalue weighted by molar-refractivity contribution is 6.30. The molecule has 0 aliphatic rings. The minimum atomic E-state index is -0.491. The van der Waals surface area contributed by atoms with Gasteiger partial charge in [-0.05, 0) is 31.2 Å². The van der Waals surface area contributed by atoms with Crippen LogP contribution in [0.1, 0.15) is 29.2 Å². The number of halogens is 1. The maximum absolute atomic E-state index is 12.6. The minimum Gasteiger partial charge on any atom is -0.497 e. The summed E-state index contributed by atoms with van der Waals surface area (Å²) in [5.74, 6) is 1.41. The van der Waals surface area contributed by atoms with Crippen LogP contribution in [0.4, 0.5) is 0 Å². The molecule has 1 N–H and O–H groups in total. The monoisotopic (exact) mass is 387 g/mol. The predicted molar refractivity (Wildman–Crippen MR) is 100 cm³/mol. The fourth-order valence-corrected chi connectivity index (χ4v) is 2.63. The third-order valence-corrected chi connectivity index (χ3v) is 4.09. The molecule has 1 amide bonds. The lowest BCUT2D eigenvalue weighted by Gasteiger charge is -2.12. The molecule has 0 saturated carbocycles. The lowest BCUT2D eigenvalue weighted by molar-refractivity contribution is 0.0932. The number of hydrogen-bond acceptors (Lipinski definition) is 6. The number of ether oxygens (including phenoxy) is 2. The second-order valence-electron chi connectivity index (χ2n) is 5.76. The maximum Gasteiger partial charge on any atom is 0.252 e. The van der Waals surface area contributed by atoms with Gasteiger partial charge in [0.2, 0.25) is 11.7 Å². The quantitative estimate of drug-likeness (QED) is 0.690. The number of carbonyl (C=O) groups excluding carboxylic acids is 1. The van der Waals surface area contributed by atoms with Gasteiger partial charge in [0.1, 0.15) is 17.5 Å². The number of nitrogens with one attached hydrogen (secondary N) is 1. The first-order valence-corrected chi connectivity index (χ1v) is 8.51. The van der Waals surface area contributed by atoms with E-state index < -0.39 is 6.04 Å². The zero-order valence-corrected chi connectivity index (χ0v) is 15.8. The number of hydrogen-bond donors (Lipinski definition) is 1. The fourth-order valence-electron chi connectivity index (χ4n) is 2.44. The van der Waals surface area contributed by atoms with E-state index >= 15 is 0 Å². The molecule has 0 saturated heterocycles. The number of aromatic nitrogens is 2. The molecule has 7 nitrogen and oxygen atoms in total. The van der Waals surface area contributed by atoms with Gasteiger partial charge in [-0.1, -0.05) is 28.9 Å². The molecule has 2 aromatic carbocycles. The Hall–Kier alpha value is -3.06. The average molecular weight is 388 g/mol. The summed E-state index contributed by atoms with van der Waals surface area (Å²) in [6.45, 7) is 1.75. The van der Waals surface area contributed by atoms with E-state index in [4.69, 9.17) is 25.6 Å². The summed E-state index contributed by atoms with van der Waals surface area (Å²) in [5, 5.41) is 7.34. The Morgan fingerprint density at radius 2 is 1.85 bits per heavy atom. The van der Waals surface area contributed by atoms with Crippen LogP contribution in [0.2, 0.25) is 5.02 Å². The number of nitrogens with zero attached hydrogens (tertiary/aromatic N) is 2. The molecule has 0 bridgehead atoms. The lowest BCUT2D eigenvalue weighted by Crippen LogP contribution is -2.26. The summed E-state index contributed by atoms with van der Waals surface area (Å²) in [4.78, 5) is 16.9. The van der Waals surface area contributed by atoms with Crippen molar-refractivity contribution in [3.8, 4) is 22.9 Å². The van der Waals surface area contributed by atoms with Crippen molar-refractivity contribution in [1.29, 1.82) is 0 Å². The van der Waals surface area contributed by atoms with Crippen molar-refractivity contribution in [2.45, 2.75) is 13.0 Å². The summed E-state index contributed by atoms with van der Waals surface area (Å²) >= 11 is 5.99. The molecule has 8 heteroatoms. The molecule has 0 aliphatic heterocycles. The highest BCUT2D eigenvalue weighted by atomic mass is 35.5. The second kappa shape index (κ2) is 8.09. The van der Waals surface area contributed by atoms with E-state index in [-0.39, 0.29) is 11.8 Å². The first-order valence-electron chi connectivity index (χ1n) is 8.13. The summed E-state index contributed by atoms with van der Waals surface area (Å²) in [6, 6.07) is 11.6. The molecule has 0 spiro atoms. The van der Waals surface area contributed by atoms with Crippen molar-refractivity contribution in [3.05, 3.63) is 58.9 Å². The van der Waals surface area contributed by atoms with Crippen molar-refractivity contribution in [2.24, 2.45) is 0 Å². The van der Waals surface area contributed by atoms with Crippen LogP contribution < -0.4 is 14.8 Å². The molecular formula is C19H18ClN3O4. The molecule has 0 fully saturated rings. The third kappa shape index (κ3) is 4.38. The minimum absolute atomic E-state index is 0.285. The van der Waals surface area contributed by atoms with Crippen LogP contribution in [0.25, 0.3) is 11.4 Å². The van der Waals surface area contributed by atoms with Gasteiger partial charge in [-0.2, -0.15) is 4.98 Å². The van der Waals surface area contributed by atoms with Crippen LogP contribution in [0.3, 0.4) is 0 Å². The van der Waals surface area contributed by atoms with Crippen LogP contribution >= 0.6 is 11.6 Å². The Morgan fingerprint density at radius 3 is 2.48 bits per heavy atom. The number of methoxy groups -OCH3 is 2. The molecule has 140 valence electrons. The summed E-state index contributed by atoms with van der Waals surface area (Å²) < 4.78 is 15.7. The van der Waals surface area contributed by atoms with Crippen LogP contribution in [-0.4, -0.2) is 30.3 Å². The van der Waals surface area contributed by atoms with E-state index in [9.17, 15) is 4.79 Å². The van der Waals surface area contributed by atoms with Gasteiger partial charge >= 0.3 is 0 Å².